The number of carbonyl (C=O) groups excluding carboxylic acids is 1. The number of halogens is 3. The van der Waals surface area contributed by atoms with Crippen molar-refractivity contribution in [3.63, 3.8) is 0 Å². The van der Waals surface area contributed by atoms with Gasteiger partial charge in [-0.1, -0.05) is 5.16 Å². The van der Waals surface area contributed by atoms with Crippen LogP contribution in [-0.2, 0) is 21.0 Å². The molecule has 2 aromatic rings. The van der Waals surface area contributed by atoms with Gasteiger partial charge in [0.1, 0.15) is 16.3 Å². The summed E-state index contributed by atoms with van der Waals surface area (Å²) in [6.07, 6.45) is -3.74. The SMILES string of the molecule is Cc1oc(-c2cc(C(F)(F)F)on2)cc1S(=O)(=O)N1CC[C@@H]2CC(=O)N(C)[C@@H]2C1. The van der Waals surface area contributed by atoms with E-state index in [0.717, 1.165) is 6.07 Å². The molecule has 2 saturated heterocycles. The molecule has 2 aliphatic rings. The lowest BCUT2D eigenvalue weighted by Gasteiger charge is -2.36. The molecule has 2 fully saturated rings. The molecule has 0 saturated carbocycles. The Morgan fingerprint density at radius 3 is 2.66 bits per heavy atom. The summed E-state index contributed by atoms with van der Waals surface area (Å²) >= 11 is 0. The summed E-state index contributed by atoms with van der Waals surface area (Å²) in [7, 11) is -2.30. The fourth-order valence-electron chi connectivity index (χ4n) is 3.91. The van der Waals surface area contributed by atoms with E-state index in [1.807, 2.05) is 0 Å². The van der Waals surface area contributed by atoms with E-state index in [9.17, 15) is 26.4 Å². The van der Waals surface area contributed by atoms with Crippen molar-refractivity contribution in [1.82, 2.24) is 14.4 Å². The number of amides is 1. The van der Waals surface area contributed by atoms with E-state index in [2.05, 4.69) is 9.68 Å². The molecule has 0 aromatic carbocycles. The van der Waals surface area contributed by atoms with Crippen LogP contribution >= 0.6 is 0 Å². The van der Waals surface area contributed by atoms with E-state index in [1.165, 1.54) is 11.2 Å². The number of hydrogen-bond donors (Lipinski definition) is 0. The van der Waals surface area contributed by atoms with Crippen molar-refractivity contribution in [2.45, 2.75) is 36.9 Å². The van der Waals surface area contributed by atoms with Crippen LogP contribution in [0.1, 0.15) is 24.4 Å². The van der Waals surface area contributed by atoms with Crippen molar-refractivity contribution in [3.8, 4) is 11.5 Å². The zero-order chi connectivity index (χ0) is 21.1. The molecule has 0 radical (unpaired) electrons. The van der Waals surface area contributed by atoms with Gasteiger partial charge < -0.3 is 13.8 Å². The average Bonchev–Trinajstić information content (AvgIpc) is 3.33. The summed E-state index contributed by atoms with van der Waals surface area (Å²) in [5.41, 5.74) is -0.248. The van der Waals surface area contributed by atoms with Crippen LogP contribution in [0.3, 0.4) is 0 Å². The molecule has 158 valence electrons. The van der Waals surface area contributed by atoms with Crippen LogP contribution in [0.2, 0.25) is 0 Å². The topological polar surface area (TPSA) is 96.9 Å². The molecule has 4 rings (SSSR count). The van der Waals surface area contributed by atoms with Gasteiger partial charge in [-0.3, -0.25) is 4.79 Å². The second-order valence-corrected chi connectivity index (χ2v) is 9.20. The summed E-state index contributed by atoms with van der Waals surface area (Å²) in [5, 5.41) is 3.32. The number of aryl methyl sites for hydroxylation is 1. The van der Waals surface area contributed by atoms with Crippen molar-refractivity contribution >= 4 is 15.9 Å². The summed E-state index contributed by atoms with van der Waals surface area (Å²) in [6, 6.07) is 1.61. The van der Waals surface area contributed by atoms with E-state index in [1.54, 1.807) is 11.9 Å². The molecule has 2 aliphatic heterocycles. The quantitative estimate of drug-likeness (QED) is 0.738. The van der Waals surface area contributed by atoms with Gasteiger partial charge in [-0.2, -0.15) is 17.5 Å². The minimum Gasteiger partial charge on any atom is -0.458 e. The van der Waals surface area contributed by atoms with Crippen molar-refractivity contribution in [1.29, 1.82) is 0 Å². The lowest BCUT2D eigenvalue weighted by atomic mass is 9.93. The van der Waals surface area contributed by atoms with Crippen LogP contribution in [0.4, 0.5) is 13.2 Å². The van der Waals surface area contributed by atoms with Crippen molar-refractivity contribution < 1.29 is 35.3 Å². The number of hydrogen-bond acceptors (Lipinski definition) is 6. The molecule has 4 heterocycles. The summed E-state index contributed by atoms with van der Waals surface area (Å²) < 4.78 is 75.3. The molecule has 0 aliphatic carbocycles. The van der Waals surface area contributed by atoms with E-state index in [0.29, 0.717) is 18.9 Å². The number of likely N-dealkylation sites (N-methyl/N-ethyl adjacent to an activating group) is 1. The average molecular weight is 433 g/mol. The predicted molar refractivity (Wildman–Crippen MR) is 92.0 cm³/mol. The standard InChI is InChI=1S/C17H18F3N3O5S/c1-9-14(7-13(27-9)11-6-15(28-21-11)17(18,19)20)29(25,26)23-4-3-10-5-16(24)22(2)12(10)8-23/h6-7,10,12H,3-5,8H2,1-2H3/t10-,12-/m1/s1. The second kappa shape index (κ2) is 6.59. The lowest BCUT2D eigenvalue weighted by molar-refractivity contribution is -0.155. The van der Waals surface area contributed by atoms with Crippen molar-refractivity contribution in [3.05, 3.63) is 23.7 Å². The fourth-order valence-corrected chi connectivity index (χ4v) is 5.55. The number of fused-ring (bicyclic) bond motifs is 1. The molecular weight excluding hydrogens is 415 g/mol. The number of alkyl halides is 3. The van der Waals surface area contributed by atoms with Gasteiger partial charge in [0.15, 0.2) is 5.76 Å². The van der Waals surface area contributed by atoms with Gasteiger partial charge in [-0.15, -0.1) is 0 Å². The first-order valence-corrected chi connectivity index (χ1v) is 10.3. The normalized spacial score (nSPS) is 23.6. The number of sulfonamides is 1. The van der Waals surface area contributed by atoms with Crippen molar-refractivity contribution in [2.24, 2.45) is 5.92 Å². The number of carbonyl (C=O) groups is 1. The molecule has 0 spiro atoms. The third-order valence-electron chi connectivity index (χ3n) is 5.54. The molecule has 29 heavy (non-hydrogen) atoms. The number of likely N-dealkylation sites (tertiary alicyclic amines) is 1. The van der Waals surface area contributed by atoms with Gasteiger partial charge in [0.05, 0.1) is 0 Å². The van der Waals surface area contributed by atoms with Crippen LogP contribution in [0.5, 0.6) is 0 Å². The Morgan fingerprint density at radius 2 is 2.00 bits per heavy atom. The Balaban J connectivity index is 1.61. The number of aromatic nitrogens is 1. The zero-order valence-corrected chi connectivity index (χ0v) is 16.4. The Bertz CT molecular complexity index is 1060. The van der Waals surface area contributed by atoms with Gasteiger partial charge in [-0.25, -0.2) is 8.42 Å². The van der Waals surface area contributed by atoms with E-state index < -0.39 is 22.0 Å². The first-order chi connectivity index (χ1) is 13.5. The minimum atomic E-state index is -4.71. The fraction of sp³-hybridized carbons (Fsp3) is 0.529. The first-order valence-electron chi connectivity index (χ1n) is 8.89. The van der Waals surface area contributed by atoms with Gasteiger partial charge in [0.25, 0.3) is 0 Å². The minimum absolute atomic E-state index is 0.00692. The number of piperidine rings is 1. The number of furan rings is 1. The van der Waals surface area contributed by atoms with Gasteiger partial charge in [0, 0.05) is 44.7 Å². The summed E-state index contributed by atoms with van der Waals surface area (Å²) in [6.45, 7) is 1.84. The lowest BCUT2D eigenvalue weighted by Crippen LogP contribution is -2.49. The molecule has 1 amide bonds. The highest BCUT2D eigenvalue weighted by Crippen LogP contribution is 2.37. The molecule has 0 unspecified atom stereocenters. The molecule has 8 nitrogen and oxygen atoms in total. The third-order valence-corrected chi connectivity index (χ3v) is 7.52. The Kier molecular flexibility index (Phi) is 4.53. The maximum Gasteiger partial charge on any atom is 0.452 e. The molecule has 0 bridgehead atoms. The van der Waals surface area contributed by atoms with Crippen LogP contribution in [0.25, 0.3) is 11.5 Å². The van der Waals surface area contributed by atoms with Crippen molar-refractivity contribution in [2.75, 3.05) is 20.1 Å². The second-order valence-electron chi connectivity index (χ2n) is 7.29. The molecule has 2 atom stereocenters. The van der Waals surface area contributed by atoms with Crippen LogP contribution in [0.15, 0.2) is 26.0 Å². The Labute approximate surface area is 164 Å². The van der Waals surface area contributed by atoms with E-state index >= 15 is 0 Å². The maximum absolute atomic E-state index is 13.1. The number of nitrogens with zero attached hydrogens (tertiary/aromatic N) is 3. The summed E-state index contributed by atoms with van der Waals surface area (Å²) in [5.74, 6) is -1.29. The summed E-state index contributed by atoms with van der Waals surface area (Å²) in [4.78, 5) is 13.3. The zero-order valence-electron chi connectivity index (χ0n) is 15.6. The van der Waals surface area contributed by atoms with Gasteiger partial charge >= 0.3 is 6.18 Å². The van der Waals surface area contributed by atoms with Gasteiger partial charge in [-0.05, 0) is 19.3 Å². The van der Waals surface area contributed by atoms with E-state index in [4.69, 9.17) is 4.42 Å². The van der Waals surface area contributed by atoms with E-state index in [-0.39, 0.29) is 53.1 Å². The molecular formula is C17H18F3N3O5S. The predicted octanol–water partition coefficient (Wildman–Crippen LogP) is 2.50. The molecule has 12 heteroatoms. The van der Waals surface area contributed by atoms with Crippen LogP contribution in [0, 0.1) is 12.8 Å². The highest BCUT2D eigenvalue weighted by molar-refractivity contribution is 7.89. The molecule has 2 aromatic heterocycles. The highest BCUT2D eigenvalue weighted by Gasteiger charge is 2.44. The maximum atomic E-state index is 13.1. The van der Waals surface area contributed by atoms with Crippen LogP contribution in [-0.4, -0.2) is 54.9 Å². The third kappa shape index (κ3) is 3.33. The van der Waals surface area contributed by atoms with Crippen LogP contribution < -0.4 is 0 Å². The molecule has 0 N–H and O–H groups in total. The Hall–Kier alpha value is -2.34. The van der Waals surface area contributed by atoms with Gasteiger partial charge in [0.2, 0.25) is 21.7 Å². The Morgan fingerprint density at radius 1 is 1.28 bits per heavy atom. The monoisotopic (exact) mass is 433 g/mol. The smallest absolute Gasteiger partial charge is 0.452 e. The largest absolute Gasteiger partial charge is 0.458 e. The first kappa shape index (κ1) is 20.0. The number of rotatable bonds is 3. The highest BCUT2D eigenvalue weighted by atomic mass is 32.2.